The molecule has 6 aromatic carbocycles. The van der Waals surface area contributed by atoms with Gasteiger partial charge in [0.1, 0.15) is 40.6 Å². The lowest BCUT2D eigenvalue weighted by molar-refractivity contribution is -0.146. The molecule has 4 atom stereocenters. The fourth-order valence-corrected chi connectivity index (χ4v) is 12.0. The van der Waals surface area contributed by atoms with E-state index in [1.807, 2.05) is 36.4 Å². The van der Waals surface area contributed by atoms with Crippen molar-refractivity contribution < 1.29 is 41.9 Å². The Morgan fingerprint density at radius 2 is 0.864 bits per heavy atom. The number of primary amides is 1. The summed E-state index contributed by atoms with van der Waals surface area (Å²) in [6.45, 7) is 14.6. The quantitative estimate of drug-likeness (QED) is 0.0776. The van der Waals surface area contributed by atoms with E-state index in [1.165, 1.54) is 69.8 Å². The summed E-state index contributed by atoms with van der Waals surface area (Å²) in [6.07, 6.45) is 3.48. The van der Waals surface area contributed by atoms with Crippen molar-refractivity contribution >= 4 is 61.9 Å². The van der Waals surface area contributed by atoms with Gasteiger partial charge in [-0.1, -0.05) is 72.8 Å². The molecule has 12 rings (SSSR count). The third-order valence-electron chi connectivity index (χ3n) is 16.8. The monoisotopic (exact) mass is 1190 g/mol. The number of aromatic nitrogens is 3. The van der Waals surface area contributed by atoms with Crippen molar-refractivity contribution in [1.82, 2.24) is 35.0 Å². The highest BCUT2D eigenvalue weighted by atomic mass is 19.1. The molecule has 3 N–H and O–H groups in total. The Morgan fingerprint density at radius 1 is 0.511 bits per heavy atom. The fourth-order valence-electron chi connectivity index (χ4n) is 12.0. The minimum absolute atomic E-state index is 0.0785. The van der Waals surface area contributed by atoms with Crippen LogP contribution in [0.3, 0.4) is 0 Å². The van der Waals surface area contributed by atoms with Crippen LogP contribution < -0.4 is 11.1 Å². The topological polar surface area (TPSA) is 181 Å². The lowest BCUT2D eigenvalue weighted by Gasteiger charge is -2.37. The molecule has 452 valence electrons. The Kier molecular flexibility index (Phi) is 19.4. The third kappa shape index (κ3) is 14.6. The largest absolute Gasteiger partial charge is 0.468 e. The predicted octanol–water partition coefficient (Wildman–Crippen LogP) is 12.5. The first-order chi connectivity index (χ1) is 42.3. The highest BCUT2D eigenvalue weighted by Crippen LogP contribution is 2.34. The number of methoxy groups -OCH3 is 1. The van der Waals surface area contributed by atoms with Crippen molar-refractivity contribution in [3.05, 3.63) is 197 Å². The van der Waals surface area contributed by atoms with Crippen molar-refractivity contribution in [3.63, 3.8) is 0 Å². The highest BCUT2D eigenvalue weighted by molar-refractivity contribution is 6.04. The number of likely N-dealkylation sites (tertiary alicyclic amines) is 2. The first kappa shape index (κ1) is 62.2. The Morgan fingerprint density at radius 3 is 1.22 bits per heavy atom. The van der Waals surface area contributed by atoms with E-state index >= 15 is 0 Å². The minimum atomic E-state index is -0.309. The van der Waals surface area contributed by atoms with Crippen LogP contribution in [0, 0.1) is 17.5 Å². The molecule has 3 aliphatic heterocycles. The maximum absolute atomic E-state index is 13.4. The molecule has 1 amide bonds. The summed E-state index contributed by atoms with van der Waals surface area (Å²) < 4.78 is 45.0. The standard InChI is InChI=1S/C24H26FN3O.C24H23FN2O3.C23H22FN3O2/c1-15-13-28(16(2)12-26-15)14-18-4-9-21-22(19-5-7-20(25)8-6-19)11-23(17(3)29)27-24(21)10-18;1-15(28)21-13-20(17-6-8-18(25)9-7-17)19-10-5-16(12-22(19)26-21)14-27-11-3-4-23(27)24(29)30-2;1-14(28)20-12-19(16-5-7-17(24)8-6-16)18-9-4-15(11-21(18)26-20)13-27-10-2-3-22(27)23(25)29/h4-11,15-16,26H,12-14H2,1-3H3;5-10,12-13,23H,3-4,11,14H2,1-2H3;4-9,11-12,22H,2-3,10,13H2,1H3,(H2,25,29)/t15?,16-;23-;22-/m000/s1. The highest BCUT2D eigenvalue weighted by Gasteiger charge is 2.32. The lowest BCUT2D eigenvalue weighted by Crippen LogP contribution is -2.53. The maximum atomic E-state index is 13.4. The fraction of sp³-hybridized carbons (Fsp3) is 0.296. The Hall–Kier alpha value is -8.87. The van der Waals surface area contributed by atoms with Gasteiger partial charge in [0.05, 0.1) is 29.7 Å². The molecule has 3 fully saturated rings. The molecule has 3 aliphatic rings. The number of fused-ring (bicyclic) bond motifs is 3. The number of esters is 1. The first-order valence-corrected chi connectivity index (χ1v) is 29.7. The van der Waals surface area contributed by atoms with Crippen LogP contribution >= 0.6 is 0 Å². The van der Waals surface area contributed by atoms with Crippen LogP contribution in [0.15, 0.2) is 146 Å². The molecule has 14 nitrogen and oxygen atoms in total. The van der Waals surface area contributed by atoms with Gasteiger partial charge in [0, 0.05) is 81.7 Å². The molecular formula is C71H71F3N8O6. The van der Waals surface area contributed by atoms with E-state index in [2.05, 4.69) is 67.0 Å². The number of hydrogen-bond acceptors (Lipinski definition) is 13. The van der Waals surface area contributed by atoms with Crippen molar-refractivity contribution in [2.45, 2.75) is 104 Å². The zero-order valence-corrected chi connectivity index (χ0v) is 50.3. The van der Waals surface area contributed by atoms with Crippen LogP contribution in [-0.4, -0.2) is 116 Å². The summed E-state index contributed by atoms with van der Waals surface area (Å²) in [4.78, 5) is 80.2. The van der Waals surface area contributed by atoms with Gasteiger partial charge in [-0.25, -0.2) is 28.1 Å². The number of piperazine rings is 1. The lowest BCUT2D eigenvalue weighted by atomic mass is 9.98. The van der Waals surface area contributed by atoms with Gasteiger partial charge in [-0.2, -0.15) is 0 Å². The van der Waals surface area contributed by atoms with Crippen molar-refractivity contribution in [3.8, 4) is 33.4 Å². The molecule has 17 heteroatoms. The number of hydrogen-bond donors (Lipinski definition) is 2. The Bertz CT molecular complexity index is 4090. The van der Waals surface area contributed by atoms with Gasteiger partial charge in [-0.15, -0.1) is 0 Å². The van der Waals surface area contributed by atoms with Gasteiger partial charge in [-0.05, 0) is 175 Å². The predicted molar refractivity (Wildman–Crippen MR) is 337 cm³/mol. The van der Waals surface area contributed by atoms with E-state index in [0.29, 0.717) is 53.3 Å². The number of pyridine rings is 3. The normalized spacial score (nSPS) is 17.9. The molecular weight excluding hydrogens is 1120 g/mol. The molecule has 0 radical (unpaired) electrons. The molecule has 6 heterocycles. The number of rotatable bonds is 14. The second-order valence-electron chi connectivity index (χ2n) is 23.2. The van der Waals surface area contributed by atoms with Crippen LogP contribution in [0.1, 0.15) is 108 Å². The second kappa shape index (κ2) is 27.4. The molecule has 0 aliphatic carbocycles. The number of carbonyl (C=O) groups excluding carboxylic acids is 5. The summed E-state index contributed by atoms with van der Waals surface area (Å²) >= 11 is 0. The van der Waals surface area contributed by atoms with Gasteiger partial charge < -0.3 is 15.8 Å². The van der Waals surface area contributed by atoms with Crippen LogP contribution in [0.2, 0.25) is 0 Å². The summed E-state index contributed by atoms with van der Waals surface area (Å²) in [6, 6.07) is 42.7. The van der Waals surface area contributed by atoms with E-state index in [-0.39, 0.29) is 58.8 Å². The summed E-state index contributed by atoms with van der Waals surface area (Å²) in [5.74, 6) is -1.73. The number of nitrogens with two attached hydrogens (primary N) is 1. The van der Waals surface area contributed by atoms with Crippen LogP contribution in [0.25, 0.3) is 66.1 Å². The second-order valence-corrected chi connectivity index (χ2v) is 23.2. The van der Waals surface area contributed by atoms with Crippen molar-refractivity contribution in [2.75, 3.05) is 33.3 Å². The third-order valence-corrected chi connectivity index (χ3v) is 16.8. The zero-order valence-electron chi connectivity index (χ0n) is 50.3. The molecule has 9 aromatic rings. The van der Waals surface area contributed by atoms with E-state index in [9.17, 15) is 37.1 Å². The van der Waals surface area contributed by atoms with E-state index in [1.54, 1.807) is 54.6 Å². The van der Waals surface area contributed by atoms with Gasteiger partial charge in [-0.3, -0.25) is 38.7 Å². The summed E-state index contributed by atoms with van der Waals surface area (Å²) in [7, 11) is 1.42. The minimum Gasteiger partial charge on any atom is -0.468 e. The van der Waals surface area contributed by atoms with Crippen LogP contribution in [0.5, 0.6) is 0 Å². The van der Waals surface area contributed by atoms with Gasteiger partial charge >= 0.3 is 5.97 Å². The molecule has 88 heavy (non-hydrogen) atoms. The van der Waals surface area contributed by atoms with E-state index in [0.717, 1.165) is 125 Å². The average Bonchev–Trinajstić information content (AvgIpc) is 3.47. The molecule has 1 unspecified atom stereocenters. The first-order valence-electron chi connectivity index (χ1n) is 29.7. The molecule has 0 bridgehead atoms. The molecule has 0 saturated carbocycles. The Balaban J connectivity index is 0.000000146. The van der Waals surface area contributed by atoms with Crippen LogP contribution in [-0.2, 0) is 34.0 Å². The molecule has 3 saturated heterocycles. The summed E-state index contributed by atoms with van der Waals surface area (Å²) in [5, 5.41) is 6.25. The number of amides is 1. The molecule has 0 spiro atoms. The number of Topliss-reactive ketones (excluding diaryl/α,β-unsaturated/α-hetero) is 3. The number of benzene rings is 6. The number of ketones is 3. The number of nitrogens with zero attached hydrogens (tertiary/aromatic N) is 6. The maximum Gasteiger partial charge on any atom is 0.323 e. The summed E-state index contributed by atoms with van der Waals surface area (Å²) in [5.41, 5.74) is 17.2. The van der Waals surface area contributed by atoms with Crippen molar-refractivity contribution in [2.24, 2.45) is 5.73 Å². The number of nitrogens with one attached hydrogen (secondary N) is 1. The number of halogens is 3. The zero-order chi connectivity index (χ0) is 62.3. The van der Waals surface area contributed by atoms with Gasteiger partial charge in [0.2, 0.25) is 5.91 Å². The van der Waals surface area contributed by atoms with Crippen molar-refractivity contribution in [1.29, 1.82) is 0 Å². The van der Waals surface area contributed by atoms with Gasteiger partial charge in [0.25, 0.3) is 0 Å². The van der Waals surface area contributed by atoms with E-state index in [4.69, 9.17) is 10.5 Å². The van der Waals surface area contributed by atoms with Gasteiger partial charge in [0.15, 0.2) is 17.3 Å². The smallest absolute Gasteiger partial charge is 0.323 e. The average molecular weight is 1190 g/mol. The van der Waals surface area contributed by atoms with E-state index < -0.39 is 0 Å². The SMILES string of the molecule is CC(=O)c1cc(-c2ccc(F)cc2)c2ccc(CN3CC(C)NC[C@@H]3C)cc2n1.CC(=O)c1cc(-c2ccc(F)cc2)c2ccc(CN3CCC[C@H]3C(N)=O)cc2n1.COC(=O)[C@@H]1CCCN1Cc1ccc2c(-c3ccc(F)cc3)cc(C(C)=O)nc2c1. The molecule has 3 aromatic heterocycles. The Labute approximate surface area is 509 Å². The number of ether oxygens (including phenoxy) is 1. The van der Waals surface area contributed by atoms with Crippen LogP contribution in [0.4, 0.5) is 13.2 Å². The number of carbonyl (C=O) groups is 5.